The van der Waals surface area contributed by atoms with Crippen LogP contribution in [0.1, 0.15) is 53.4 Å². The molecule has 0 atom stereocenters. The largest absolute Gasteiger partial charge is 0.508 e. The normalized spacial score (nSPS) is 15.2. The Hall–Kier alpha value is -2.59. The fourth-order valence-electron chi connectivity index (χ4n) is 4.53. The van der Waals surface area contributed by atoms with E-state index in [9.17, 15) is 9.90 Å². The fourth-order valence-corrected chi connectivity index (χ4v) is 4.53. The van der Waals surface area contributed by atoms with Crippen LogP contribution in [0.4, 0.5) is 0 Å². The summed E-state index contributed by atoms with van der Waals surface area (Å²) < 4.78 is 2.21. The van der Waals surface area contributed by atoms with Crippen molar-refractivity contribution in [3.63, 3.8) is 0 Å². The number of piperidine rings is 1. The molecule has 0 bridgehead atoms. The zero-order valence-corrected chi connectivity index (χ0v) is 16.7. The lowest BCUT2D eigenvalue weighted by Gasteiger charge is -2.27. The van der Waals surface area contributed by atoms with E-state index in [1.807, 2.05) is 31.2 Å². The van der Waals surface area contributed by atoms with Crippen molar-refractivity contribution in [2.75, 3.05) is 13.1 Å². The standard InChI is InChI=1S/C24H28N2O2/c1-17-23(18(2)27)24-20(16-25-13-7-4-8-14-25)22(28)12-11-21(24)26(17)15-19-9-5-3-6-10-19/h3,5-6,9-12,28H,4,7-8,13-16H2,1-2H3. The lowest BCUT2D eigenvalue weighted by atomic mass is 10.00. The maximum absolute atomic E-state index is 12.6. The van der Waals surface area contributed by atoms with Crippen LogP contribution in [0.25, 0.3) is 10.9 Å². The van der Waals surface area contributed by atoms with E-state index in [1.165, 1.54) is 24.8 Å². The predicted molar refractivity (Wildman–Crippen MR) is 113 cm³/mol. The van der Waals surface area contributed by atoms with Crippen molar-refractivity contribution >= 4 is 16.7 Å². The molecule has 0 amide bonds. The summed E-state index contributed by atoms with van der Waals surface area (Å²) in [5, 5.41) is 11.6. The Morgan fingerprint density at radius 1 is 1.00 bits per heavy atom. The lowest BCUT2D eigenvalue weighted by Crippen LogP contribution is -2.29. The molecule has 4 rings (SSSR count). The van der Waals surface area contributed by atoms with E-state index in [-0.39, 0.29) is 11.5 Å². The molecule has 0 saturated carbocycles. The van der Waals surface area contributed by atoms with Gasteiger partial charge in [0, 0.05) is 40.8 Å². The average molecular weight is 377 g/mol. The van der Waals surface area contributed by atoms with E-state index in [2.05, 4.69) is 21.6 Å². The number of phenols is 1. The zero-order valence-electron chi connectivity index (χ0n) is 16.7. The minimum absolute atomic E-state index is 0.0554. The number of hydrogen-bond acceptors (Lipinski definition) is 3. The smallest absolute Gasteiger partial charge is 0.162 e. The highest BCUT2D eigenvalue weighted by Gasteiger charge is 2.23. The number of Topliss-reactive ketones (excluding diaryl/α,β-unsaturated/α-hetero) is 1. The Kier molecular flexibility index (Phi) is 5.23. The highest BCUT2D eigenvalue weighted by molar-refractivity contribution is 6.10. The first-order valence-electron chi connectivity index (χ1n) is 10.2. The van der Waals surface area contributed by atoms with E-state index in [0.29, 0.717) is 13.1 Å². The van der Waals surface area contributed by atoms with E-state index in [4.69, 9.17) is 0 Å². The summed E-state index contributed by atoms with van der Waals surface area (Å²) >= 11 is 0. The number of ketones is 1. The lowest BCUT2D eigenvalue weighted by molar-refractivity contribution is 0.101. The van der Waals surface area contributed by atoms with Crippen LogP contribution in [0, 0.1) is 6.92 Å². The molecule has 1 fully saturated rings. The van der Waals surface area contributed by atoms with Gasteiger partial charge >= 0.3 is 0 Å². The van der Waals surface area contributed by atoms with Crippen molar-refractivity contribution in [3.05, 3.63) is 64.8 Å². The van der Waals surface area contributed by atoms with E-state index in [1.54, 1.807) is 13.0 Å². The third-order valence-corrected chi connectivity index (χ3v) is 5.94. The van der Waals surface area contributed by atoms with Crippen molar-refractivity contribution < 1.29 is 9.90 Å². The number of hydrogen-bond donors (Lipinski definition) is 1. The Bertz CT molecular complexity index is 999. The van der Waals surface area contributed by atoms with Gasteiger partial charge in [0.1, 0.15) is 5.75 Å². The predicted octanol–water partition coefficient (Wildman–Crippen LogP) is 4.89. The Labute approximate surface area is 166 Å². The number of phenolic OH excluding ortho intramolecular Hbond substituents is 1. The molecule has 1 aromatic heterocycles. The number of nitrogens with zero attached hydrogens (tertiary/aromatic N) is 2. The molecule has 0 aliphatic carbocycles. The molecule has 0 radical (unpaired) electrons. The minimum atomic E-state index is 0.0554. The molecule has 3 aromatic rings. The number of fused-ring (bicyclic) bond motifs is 1. The second-order valence-electron chi connectivity index (χ2n) is 7.88. The summed E-state index contributed by atoms with van der Waals surface area (Å²) in [6, 6.07) is 14.0. The molecule has 4 heteroatoms. The van der Waals surface area contributed by atoms with Gasteiger partial charge in [-0.05, 0) is 57.5 Å². The van der Waals surface area contributed by atoms with Crippen LogP contribution in [-0.4, -0.2) is 33.4 Å². The highest BCUT2D eigenvalue weighted by Crippen LogP contribution is 2.36. The van der Waals surface area contributed by atoms with Crippen LogP contribution in [0.3, 0.4) is 0 Å². The van der Waals surface area contributed by atoms with E-state index >= 15 is 0 Å². The SMILES string of the molecule is CC(=O)c1c(C)n(Cc2ccccc2)c2ccc(O)c(CN3CCCCC3)c12. The molecular formula is C24H28N2O2. The van der Waals surface area contributed by atoms with Gasteiger partial charge in [-0.3, -0.25) is 9.69 Å². The molecule has 4 nitrogen and oxygen atoms in total. The second-order valence-corrected chi connectivity index (χ2v) is 7.88. The van der Waals surface area contributed by atoms with Crippen LogP contribution >= 0.6 is 0 Å². The quantitative estimate of drug-likeness (QED) is 0.645. The zero-order chi connectivity index (χ0) is 19.7. The maximum Gasteiger partial charge on any atom is 0.162 e. The van der Waals surface area contributed by atoms with E-state index < -0.39 is 0 Å². The van der Waals surface area contributed by atoms with Crippen molar-refractivity contribution in [2.24, 2.45) is 0 Å². The van der Waals surface area contributed by atoms with Gasteiger partial charge in [0.15, 0.2) is 5.78 Å². The Balaban J connectivity index is 1.86. The highest BCUT2D eigenvalue weighted by atomic mass is 16.3. The van der Waals surface area contributed by atoms with Crippen molar-refractivity contribution in [1.82, 2.24) is 9.47 Å². The number of carbonyl (C=O) groups excluding carboxylic acids is 1. The van der Waals surface area contributed by atoms with Crippen molar-refractivity contribution in [2.45, 2.75) is 46.2 Å². The van der Waals surface area contributed by atoms with Crippen LogP contribution < -0.4 is 0 Å². The van der Waals surface area contributed by atoms with Crippen LogP contribution in [0.5, 0.6) is 5.75 Å². The molecule has 0 unspecified atom stereocenters. The van der Waals surface area contributed by atoms with Gasteiger partial charge in [-0.25, -0.2) is 0 Å². The van der Waals surface area contributed by atoms with E-state index in [0.717, 1.165) is 40.8 Å². The summed E-state index contributed by atoms with van der Waals surface area (Å²) in [7, 11) is 0. The monoisotopic (exact) mass is 376 g/mol. The van der Waals surface area contributed by atoms with Gasteiger partial charge in [-0.15, -0.1) is 0 Å². The molecule has 28 heavy (non-hydrogen) atoms. The summed E-state index contributed by atoms with van der Waals surface area (Å²) in [6.45, 7) is 7.15. The number of aromatic hydroxyl groups is 1. The molecule has 1 aliphatic rings. The second kappa shape index (κ2) is 7.80. The molecule has 0 spiro atoms. The number of benzene rings is 2. The molecule has 1 N–H and O–H groups in total. The van der Waals surface area contributed by atoms with Crippen molar-refractivity contribution in [3.8, 4) is 5.75 Å². The topological polar surface area (TPSA) is 45.5 Å². The molecular weight excluding hydrogens is 348 g/mol. The molecule has 1 aliphatic heterocycles. The van der Waals surface area contributed by atoms with Gasteiger partial charge in [0.05, 0.1) is 0 Å². The van der Waals surface area contributed by atoms with Crippen LogP contribution in [0.2, 0.25) is 0 Å². The molecule has 2 aromatic carbocycles. The number of aromatic nitrogens is 1. The third kappa shape index (κ3) is 3.45. The Morgan fingerprint density at radius 3 is 2.39 bits per heavy atom. The van der Waals surface area contributed by atoms with Gasteiger partial charge in [0.2, 0.25) is 0 Å². The van der Waals surface area contributed by atoms with Gasteiger partial charge in [0.25, 0.3) is 0 Å². The first-order valence-corrected chi connectivity index (χ1v) is 10.2. The summed E-state index contributed by atoms with van der Waals surface area (Å²) in [5.41, 5.74) is 4.82. The fraction of sp³-hybridized carbons (Fsp3) is 0.375. The molecule has 146 valence electrons. The maximum atomic E-state index is 12.6. The van der Waals surface area contributed by atoms with Crippen LogP contribution in [-0.2, 0) is 13.1 Å². The average Bonchev–Trinajstić information content (AvgIpc) is 2.98. The van der Waals surface area contributed by atoms with Gasteiger partial charge in [-0.2, -0.15) is 0 Å². The first kappa shape index (κ1) is 18.8. The molecule has 2 heterocycles. The van der Waals surface area contributed by atoms with Gasteiger partial charge < -0.3 is 9.67 Å². The number of carbonyl (C=O) groups is 1. The van der Waals surface area contributed by atoms with Crippen molar-refractivity contribution in [1.29, 1.82) is 0 Å². The number of likely N-dealkylation sites (tertiary alicyclic amines) is 1. The summed E-state index contributed by atoms with van der Waals surface area (Å²) in [6.07, 6.45) is 3.67. The first-order chi connectivity index (χ1) is 13.6. The van der Waals surface area contributed by atoms with Gasteiger partial charge in [-0.1, -0.05) is 36.8 Å². The minimum Gasteiger partial charge on any atom is -0.508 e. The third-order valence-electron chi connectivity index (χ3n) is 5.94. The summed E-state index contributed by atoms with van der Waals surface area (Å²) in [4.78, 5) is 15.0. The Morgan fingerprint density at radius 2 is 1.71 bits per heavy atom. The number of rotatable bonds is 5. The summed E-state index contributed by atoms with van der Waals surface area (Å²) in [5.74, 6) is 0.345. The molecule has 1 saturated heterocycles. The van der Waals surface area contributed by atoms with Crippen LogP contribution in [0.15, 0.2) is 42.5 Å².